The molecule has 2 heterocycles. The zero-order chi connectivity index (χ0) is 11.9. The fraction of sp³-hybridized carbons (Fsp3) is 0.571. The monoisotopic (exact) mass is 233 g/mol. The molecule has 3 rings (SSSR count). The summed E-state index contributed by atoms with van der Waals surface area (Å²) in [6, 6.07) is 10.6. The quantitative estimate of drug-likeness (QED) is 0.780. The number of hydrogen-bond donors (Lipinski definition) is 0. The summed E-state index contributed by atoms with van der Waals surface area (Å²) in [5.74, 6) is -0.395. The van der Waals surface area contributed by atoms with Crippen LogP contribution in [0.15, 0.2) is 30.3 Å². The SMILES string of the molecule is CC1(C)OC2CN(Cc3ccccc3)C[C@@H]2O1. The maximum atomic E-state index is 5.88. The lowest BCUT2D eigenvalue weighted by molar-refractivity contribution is -0.155. The average Bonchev–Trinajstić information content (AvgIpc) is 2.72. The second-order valence-corrected chi connectivity index (χ2v) is 5.39. The van der Waals surface area contributed by atoms with Crippen LogP contribution in [0.2, 0.25) is 0 Å². The molecule has 1 unspecified atom stereocenters. The largest absolute Gasteiger partial charge is 0.343 e. The van der Waals surface area contributed by atoms with E-state index in [1.165, 1.54) is 5.56 Å². The van der Waals surface area contributed by atoms with Crippen LogP contribution >= 0.6 is 0 Å². The van der Waals surface area contributed by atoms with E-state index in [0.29, 0.717) is 0 Å². The molecule has 3 nitrogen and oxygen atoms in total. The van der Waals surface area contributed by atoms with Gasteiger partial charge in [-0.05, 0) is 19.4 Å². The predicted octanol–water partition coefficient (Wildman–Crippen LogP) is 2.02. The molecular formula is C14H19NO2. The first-order chi connectivity index (χ1) is 8.12. The summed E-state index contributed by atoms with van der Waals surface area (Å²) in [6.45, 7) is 6.92. The Morgan fingerprint density at radius 1 is 1.12 bits per heavy atom. The number of nitrogens with zero attached hydrogens (tertiary/aromatic N) is 1. The lowest BCUT2D eigenvalue weighted by Crippen LogP contribution is -2.29. The molecule has 0 radical (unpaired) electrons. The van der Waals surface area contributed by atoms with Crippen LogP contribution in [0.5, 0.6) is 0 Å². The molecule has 2 aliphatic heterocycles. The summed E-state index contributed by atoms with van der Waals surface area (Å²) in [5, 5.41) is 0. The van der Waals surface area contributed by atoms with Crippen molar-refractivity contribution in [2.24, 2.45) is 0 Å². The molecule has 0 aliphatic carbocycles. The van der Waals surface area contributed by atoms with Gasteiger partial charge in [0.25, 0.3) is 0 Å². The van der Waals surface area contributed by atoms with Gasteiger partial charge in [0.1, 0.15) is 12.2 Å². The molecule has 0 amide bonds. The van der Waals surface area contributed by atoms with E-state index < -0.39 is 5.79 Å². The highest BCUT2D eigenvalue weighted by atomic mass is 16.8. The summed E-state index contributed by atoms with van der Waals surface area (Å²) >= 11 is 0. The molecule has 0 saturated carbocycles. The number of likely N-dealkylation sites (tertiary alicyclic amines) is 1. The lowest BCUT2D eigenvalue weighted by atomic mass is 10.2. The van der Waals surface area contributed by atoms with E-state index in [0.717, 1.165) is 19.6 Å². The molecule has 2 aliphatic rings. The highest BCUT2D eigenvalue weighted by Crippen LogP contribution is 2.33. The molecule has 17 heavy (non-hydrogen) atoms. The van der Waals surface area contributed by atoms with Gasteiger partial charge in [-0.3, -0.25) is 4.90 Å². The zero-order valence-electron chi connectivity index (χ0n) is 10.4. The highest BCUT2D eigenvalue weighted by Gasteiger charge is 2.46. The lowest BCUT2D eigenvalue weighted by Gasteiger charge is -2.22. The van der Waals surface area contributed by atoms with Crippen molar-refractivity contribution < 1.29 is 9.47 Å². The standard InChI is InChI=1S/C14H19NO2/c1-14(2)16-12-9-15(10-13(12)17-14)8-11-6-4-3-5-7-11/h3-7,12-13H,8-10H2,1-2H3/t12-,13?/m0/s1. The van der Waals surface area contributed by atoms with E-state index in [1.54, 1.807) is 0 Å². The smallest absolute Gasteiger partial charge is 0.163 e. The molecule has 3 heteroatoms. The zero-order valence-corrected chi connectivity index (χ0v) is 10.4. The van der Waals surface area contributed by atoms with Gasteiger partial charge < -0.3 is 9.47 Å². The second kappa shape index (κ2) is 4.09. The van der Waals surface area contributed by atoms with E-state index in [-0.39, 0.29) is 12.2 Å². The van der Waals surface area contributed by atoms with E-state index in [1.807, 2.05) is 13.8 Å². The minimum Gasteiger partial charge on any atom is -0.343 e. The molecule has 2 saturated heterocycles. The Hall–Kier alpha value is -0.900. The molecule has 0 spiro atoms. The minimum absolute atomic E-state index is 0.244. The third-order valence-electron chi connectivity index (χ3n) is 3.41. The first-order valence-corrected chi connectivity index (χ1v) is 6.24. The van der Waals surface area contributed by atoms with Gasteiger partial charge in [0.2, 0.25) is 0 Å². The van der Waals surface area contributed by atoms with Gasteiger partial charge in [-0.15, -0.1) is 0 Å². The molecule has 1 aromatic carbocycles. The van der Waals surface area contributed by atoms with Crippen LogP contribution in [-0.4, -0.2) is 36.0 Å². The third kappa shape index (κ3) is 2.37. The first-order valence-electron chi connectivity index (χ1n) is 6.24. The van der Waals surface area contributed by atoms with Crippen LogP contribution in [0.25, 0.3) is 0 Å². The number of fused-ring (bicyclic) bond motifs is 1. The molecule has 0 N–H and O–H groups in total. The Bertz CT molecular complexity index is 374. The van der Waals surface area contributed by atoms with Crippen molar-refractivity contribution in [2.75, 3.05) is 13.1 Å². The van der Waals surface area contributed by atoms with Gasteiger partial charge in [-0.25, -0.2) is 0 Å². The van der Waals surface area contributed by atoms with Crippen molar-refractivity contribution in [1.29, 1.82) is 0 Å². The van der Waals surface area contributed by atoms with Crippen molar-refractivity contribution in [3.8, 4) is 0 Å². The summed E-state index contributed by atoms with van der Waals surface area (Å²) in [6.07, 6.45) is 0.488. The van der Waals surface area contributed by atoms with Gasteiger partial charge >= 0.3 is 0 Å². The van der Waals surface area contributed by atoms with E-state index in [4.69, 9.17) is 9.47 Å². The molecule has 2 atom stereocenters. The topological polar surface area (TPSA) is 21.7 Å². The normalized spacial score (nSPS) is 31.6. The highest BCUT2D eigenvalue weighted by molar-refractivity contribution is 5.15. The van der Waals surface area contributed by atoms with Crippen LogP contribution in [0, 0.1) is 0 Å². The Balaban J connectivity index is 1.60. The number of benzene rings is 1. The number of hydrogen-bond acceptors (Lipinski definition) is 3. The van der Waals surface area contributed by atoms with Crippen molar-refractivity contribution >= 4 is 0 Å². The van der Waals surface area contributed by atoms with Crippen LogP contribution in [0.3, 0.4) is 0 Å². The van der Waals surface area contributed by atoms with Gasteiger partial charge in [-0.2, -0.15) is 0 Å². The second-order valence-electron chi connectivity index (χ2n) is 5.39. The summed E-state index contributed by atoms with van der Waals surface area (Å²) in [4.78, 5) is 2.40. The van der Waals surface area contributed by atoms with E-state index in [9.17, 15) is 0 Å². The van der Waals surface area contributed by atoms with Crippen LogP contribution in [0.1, 0.15) is 19.4 Å². The number of ether oxygens (including phenoxy) is 2. The summed E-state index contributed by atoms with van der Waals surface area (Å²) in [5.41, 5.74) is 1.35. The van der Waals surface area contributed by atoms with Gasteiger partial charge in [0.15, 0.2) is 5.79 Å². The molecular weight excluding hydrogens is 214 g/mol. The van der Waals surface area contributed by atoms with E-state index >= 15 is 0 Å². The Kier molecular flexibility index (Phi) is 2.69. The van der Waals surface area contributed by atoms with Crippen molar-refractivity contribution in [3.63, 3.8) is 0 Å². The van der Waals surface area contributed by atoms with Crippen molar-refractivity contribution in [1.82, 2.24) is 4.90 Å². The summed E-state index contributed by atoms with van der Waals surface area (Å²) in [7, 11) is 0. The fourth-order valence-corrected chi connectivity index (χ4v) is 2.77. The molecule has 0 bridgehead atoms. The number of rotatable bonds is 2. The Morgan fingerprint density at radius 3 is 2.29 bits per heavy atom. The maximum absolute atomic E-state index is 5.88. The van der Waals surface area contributed by atoms with Crippen molar-refractivity contribution in [2.45, 2.75) is 38.4 Å². The molecule has 0 aromatic heterocycles. The van der Waals surface area contributed by atoms with Crippen LogP contribution in [-0.2, 0) is 16.0 Å². The Labute approximate surface area is 102 Å². The van der Waals surface area contributed by atoms with E-state index in [2.05, 4.69) is 35.2 Å². The van der Waals surface area contributed by atoms with Gasteiger partial charge in [0.05, 0.1) is 0 Å². The molecule has 1 aromatic rings. The summed E-state index contributed by atoms with van der Waals surface area (Å²) < 4.78 is 11.8. The first kappa shape index (κ1) is 11.2. The predicted molar refractivity (Wildman–Crippen MR) is 65.5 cm³/mol. The maximum Gasteiger partial charge on any atom is 0.163 e. The third-order valence-corrected chi connectivity index (χ3v) is 3.41. The Morgan fingerprint density at radius 2 is 1.71 bits per heavy atom. The molecule has 92 valence electrons. The van der Waals surface area contributed by atoms with Crippen LogP contribution < -0.4 is 0 Å². The van der Waals surface area contributed by atoms with Gasteiger partial charge in [-0.1, -0.05) is 30.3 Å². The average molecular weight is 233 g/mol. The minimum atomic E-state index is -0.395. The van der Waals surface area contributed by atoms with Crippen molar-refractivity contribution in [3.05, 3.63) is 35.9 Å². The van der Waals surface area contributed by atoms with Gasteiger partial charge in [0, 0.05) is 19.6 Å². The fourth-order valence-electron chi connectivity index (χ4n) is 2.77. The van der Waals surface area contributed by atoms with Crippen LogP contribution in [0.4, 0.5) is 0 Å². The molecule has 2 fully saturated rings.